The molecule has 0 bridgehead atoms. The Morgan fingerprint density at radius 2 is 1.92 bits per heavy atom. The van der Waals surface area contributed by atoms with Crippen LogP contribution in [0.3, 0.4) is 0 Å². The van der Waals surface area contributed by atoms with Crippen LogP contribution in [0.25, 0.3) is 11.3 Å². The highest BCUT2D eigenvalue weighted by molar-refractivity contribution is 5.96. The van der Waals surface area contributed by atoms with Crippen molar-refractivity contribution in [2.45, 2.75) is 6.54 Å². The first-order valence-electron chi connectivity index (χ1n) is 7.41. The summed E-state index contributed by atoms with van der Waals surface area (Å²) in [7, 11) is 1.54. The highest BCUT2D eigenvalue weighted by atomic mass is 16.5. The first-order chi connectivity index (χ1) is 11.8. The molecule has 0 aliphatic heterocycles. The van der Waals surface area contributed by atoms with Crippen LogP contribution in [-0.4, -0.2) is 28.0 Å². The number of carbonyl (C=O) groups is 1. The van der Waals surface area contributed by atoms with E-state index in [1.165, 1.54) is 7.11 Å². The van der Waals surface area contributed by atoms with E-state index in [2.05, 4.69) is 20.3 Å². The molecule has 1 N–H and O–H groups in total. The quantitative estimate of drug-likeness (QED) is 0.781. The molecule has 0 saturated heterocycles. The average Bonchev–Trinajstić information content (AvgIpc) is 2.67. The summed E-state index contributed by atoms with van der Waals surface area (Å²) in [4.78, 5) is 25.2. The third kappa shape index (κ3) is 3.38. The van der Waals surface area contributed by atoms with Crippen molar-refractivity contribution >= 4 is 5.91 Å². The van der Waals surface area contributed by atoms with E-state index in [4.69, 9.17) is 4.74 Å². The zero-order valence-electron chi connectivity index (χ0n) is 13.1. The Morgan fingerprint density at radius 1 is 1.08 bits per heavy atom. The van der Waals surface area contributed by atoms with Gasteiger partial charge in [0.1, 0.15) is 5.75 Å². The fourth-order valence-electron chi connectivity index (χ4n) is 2.33. The summed E-state index contributed by atoms with van der Waals surface area (Å²) >= 11 is 0. The van der Waals surface area contributed by atoms with Gasteiger partial charge >= 0.3 is 0 Å². The smallest absolute Gasteiger partial charge is 0.255 e. The fourth-order valence-corrected chi connectivity index (χ4v) is 2.33. The van der Waals surface area contributed by atoms with Crippen molar-refractivity contribution < 1.29 is 9.53 Å². The molecule has 6 nitrogen and oxygen atoms in total. The number of nitrogens with one attached hydrogen (secondary N) is 1. The number of aromatic nitrogens is 3. The van der Waals surface area contributed by atoms with Crippen LogP contribution in [0.1, 0.15) is 16.1 Å². The SMILES string of the molecule is COc1ccccc1C(=O)NCc1nccnc1-c1cccnc1. The van der Waals surface area contributed by atoms with Crippen LogP contribution in [0.15, 0.2) is 61.2 Å². The first-order valence-corrected chi connectivity index (χ1v) is 7.41. The predicted octanol–water partition coefficient (Wildman–Crippen LogP) is 2.48. The van der Waals surface area contributed by atoms with Crippen molar-refractivity contribution in [2.75, 3.05) is 7.11 Å². The number of pyridine rings is 1. The molecule has 0 aliphatic carbocycles. The lowest BCUT2D eigenvalue weighted by molar-refractivity contribution is 0.0947. The van der Waals surface area contributed by atoms with E-state index in [9.17, 15) is 4.79 Å². The van der Waals surface area contributed by atoms with Gasteiger partial charge in [0.15, 0.2) is 0 Å². The number of rotatable bonds is 5. The van der Waals surface area contributed by atoms with Gasteiger partial charge in [0.05, 0.1) is 30.6 Å². The molecule has 1 amide bonds. The molecule has 0 fully saturated rings. The van der Waals surface area contributed by atoms with Gasteiger partial charge in [-0.05, 0) is 24.3 Å². The molecule has 0 radical (unpaired) electrons. The maximum atomic E-state index is 12.4. The summed E-state index contributed by atoms with van der Waals surface area (Å²) in [5.74, 6) is 0.303. The molecular weight excluding hydrogens is 304 g/mol. The van der Waals surface area contributed by atoms with Crippen molar-refractivity contribution in [3.8, 4) is 17.0 Å². The molecule has 3 rings (SSSR count). The summed E-state index contributed by atoms with van der Waals surface area (Å²) < 4.78 is 5.21. The molecule has 0 aliphatic rings. The van der Waals surface area contributed by atoms with Gasteiger partial charge in [0.25, 0.3) is 5.91 Å². The van der Waals surface area contributed by atoms with Crippen LogP contribution in [0.5, 0.6) is 5.75 Å². The van der Waals surface area contributed by atoms with Crippen LogP contribution in [0.2, 0.25) is 0 Å². The van der Waals surface area contributed by atoms with E-state index in [-0.39, 0.29) is 12.5 Å². The molecule has 3 aromatic rings. The van der Waals surface area contributed by atoms with Crippen LogP contribution in [0, 0.1) is 0 Å². The number of hydrogen-bond acceptors (Lipinski definition) is 5. The summed E-state index contributed by atoms with van der Waals surface area (Å²) in [6.45, 7) is 0.259. The normalized spacial score (nSPS) is 10.2. The van der Waals surface area contributed by atoms with Crippen molar-refractivity contribution in [1.29, 1.82) is 0 Å². The predicted molar refractivity (Wildman–Crippen MR) is 89.4 cm³/mol. The third-order valence-corrected chi connectivity index (χ3v) is 3.48. The fraction of sp³-hybridized carbons (Fsp3) is 0.111. The second-order valence-electron chi connectivity index (χ2n) is 4.98. The van der Waals surface area contributed by atoms with Gasteiger partial charge in [-0.25, -0.2) is 0 Å². The molecule has 0 spiro atoms. The Labute approximate surface area is 139 Å². The number of nitrogens with zero attached hydrogens (tertiary/aromatic N) is 3. The van der Waals surface area contributed by atoms with Crippen molar-refractivity contribution in [3.05, 3.63) is 72.4 Å². The Bertz CT molecular complexity index is 837. The van der Waals surface area contributed by atoms with Gasteiger partial charge in [-0.1, -0.05) is 12.1 Å². The molecule has 2 aromatic heterocycles. The lowest BCUT2D eigenvalue weighted by atomic mass is 10.1. The summed E-state index contributed by atoms with van der Waals surface area (Å²) in [5, 5.41) is 2.86. The number of carbonyl (C=O) groups excluding carboxylic acids is 1. The minimum atomic E-state index is -0.227. The van der Waals surface area contributed by atoms with E-state index in [0.29, 0.717) is 22.7 Å². The second-order valence-corrected chi connectivity index (χ2v) is 4.98. The first kappa shape index (κ1) is 15.6. The maximum absolute atomic E-state index is 12.4. The molecule has 2 heterocycles. The Morgan fingerprint density at radius 3 is 2.71 bits per heavy atom. The molecule has 0 atom stereocenters. The Kier molecular flexibility index (Phi) is 4.76. The lowest BCUT2D eigenvalue weighted by Gasteiger charge is -2.10. The van der Waals surface area contributed by atoms with E-state index in [1.54, 1.807) is 43.0 Å². The molecule has 1 aromatic carbocycles. The van der Waals surface area contributed by atoms with Crippen LogP contribution in [0.4, 0.5) is 0 Å². The van der Waals surface area contributed by atoms with Crippen LogP contribution >= 0.6 is 0 Å². The number of methoxy groups -OCH3 is 1. The van der Waals surface area contributed by atoms with E-state index in [1.807, 2.05) is 18.2 Å². The van der Waals surface area contributed by atoms with Gasteiger partial charge in [-0.15, -0.1) is 0 Å². The van der Waals surface area contributed by atoms with Crippen molar-refractivity contribution in [1.82, 2.24) is 20.3 Å². The zero-order valence-corrected chi connectivity index (χ0v) is 13.1. The molecule has 0 saturated carbocycles. The molecule has 6 heteroatoms. The van der Waals surface area contributed by atoms with Crippen molar-refractivity contribution in [3.63, 3.8) is 0 Å². The standard InChI is InChI=1S/C18H16N4O2/c1-24-16-7-3-2-6-14(16)18(23)22-12-15-17(21-10-9-20-15)13-5-4-8-19-11-13/h2-11H,12H2,1H3,(H,22,23). The minimum absolute atomic E-state index is 0.227. The Balaban J connectivity index is 1.79. The molecular formula is C18H16N4O2. The van der Waals surface area contributed by atoms with Gasteiger partial charge in [0, 0.05) is 30.4 Å². The van der Waals surface area contributed by atoms with Gasteiger partial charge < -0.3 is 10.1 Å². The Hall–Kier alpha value is -3.28. The monoisotopic (exact) mass is 320 g/mol. The van der Waals surface area contributed by atoms with Crippen LogP contribution < -0.4 is 10.1 Å². The van der Waals surface area contributed by atoms with E-state index in [0.717, 1.165) is 5.56 Å². The largest absolute Gasteiger partial charge is 0.496 e. The number of ether oxygens (including phenoxy) is 1. The van der Waals surface area contributed by atoms with Gasteiger partial charge in [0.2, 0.25) is 0 Å². The number of benzene rings is 1. The van der Waals surface area contributed by atoms with Crippen LogP contribution in [-0.2, 0) is 6.54 Å². The van der Waals surface area contributed by atoms with Gasteiger partial charge in [-0.2, -0.15) is 0 Å². The second kappa shape index (κ2) is 7.32. The van der Waals surface area contributed by atoms with Crippen molar-refractivity contribution in [2.24, 2.45) is 0 Å². The minimum Gasteiger partial charge on any atom is -0.496 e. The maximum Gasteiger partial charge on any atom is 0.255 e. The highest BCUT2D eigenvalue weighted by Gasteiger charge is 2.13. The number of para-hydroxylation sites is 1. The number of amides is 1. The van der Waals surface area contributed by atoms with E-state index < -0.39 is 0 Å². The molecule has 120 valence electrons. The molecule has 24 heavy (non-hydrogen) atoms. The lowest BCUT2D eigenvalue weighted by Crippen LogP contribution is -2.24. The van der Waals surface area contributed by atoms with E-state index >= 15 is 0 Å². The topological polar surface area (TPSA) is 77.0 Å². The average molecular weight is 320 g/mol. The zero-order chi connectivity index (χ0) is 16.8. The summed E-state index contributed by atoms with van der Waals surface area (Å²) in [5.41, 5.74) is 2.71. The summed E-state index contributed by atoms with van der Waals surface area (Å²) in [6, 6.07) is 10.8. The van der Waals surface area contributed by atoms with Gasteiger partial charge in [-0.3, -0.25) is 19.7 Å². The number of hydrogen-bond donors (Lipinski definition) is 1. The molecule has 0 unspecified atom stereocenters. The summed E-state index contributed by atoms with van der Waals surface area (Å²) in [6.07, 6.45) is 6.64. The third-order valence-electron chi connectivity index (χ3n) is 3.48. The highest BCUT2D eigenvalue weighted by Crippen LogP contribution is 2.19.